The molecule has 5 nitrogen and oxygen atoms in total. The Morgan fingerprint density at radius 2 is 1.94 bits per heavy atom. The van der Waals surface area contributed by atoms with E-state index in [1.54, 1.807) is 7.11 Å². The summed E-state index contributed by atoms with van der Waals surface area (Å²) in [5.74, 6) is 0.0284. The normalized spacial score (nSPS) is 17.5. The predicted octanol–water partition coefficient (Wildman–Crippen LogP) is 5.20. The van der Waals surface area contributed by atoms with Crippen LogP contribution in [0.15, 0.2) is 42.5 Å². The van der Waals surface area contributed by atoms with Gasteiger partial charge in [-0.05, 0) is 79.1 Å². The van der Waals surface area contributed by atoms with Crippen molar-refractivity contribution in [3.05, 3.63) is 64.2 Å². The zero-order chi connectivity index (χ0) is 22.8. The molecule has 1 aliphatic heterocycles. The van der Waals surface area contributed by atoms with E-state index in [4.69, 9.17) is 26.1 Å². The van der Waals surface area contributed by atoms with Gasteiger partial charge in [0.1, 0.15) is 6.10 Å². The van der Waals surface area contributed by atoms with Crippen LogP contribution < -0.4 is 0 Å². The summed E-state index contributed by atoms with van der Waals surface area (Å²) in [6.45, 7) is 2.09. The third-order valence-electron chi connectivity index (χ3n) is 6.67. The number of fused-ring (bicyclic) bond motifs is 2. The van der Waals surface area contributed by atoms with Crippen LogP contribution in [0.25, 0.3) is 22.2 Å². The van der Waals surface area contributed by atoms with Gasteiger partial charge in [-0.2, -0.15) is 0 Å². The zero-order valence-corrected chi connectivity index (χ0v) is 19.7. The summed E-state index contributed by atoms with van der Waals surface area (Å²) in [5.41, 5.74) is 6.72. The van der Waals surface area contributed by atoms with Crippen LogP contribution in [0.3, 0.4) is 0 Å². The average molecular weight is 465 g/mol. The fraction of sp³-hybridized carbons (Fsp3) is 0.407. The predicted molar refractivity (Wildman–Crippen MR) is 130 cm³/mol. The van der Waals surface area contributed by atoms with Gasteiger partial charge in [-0.25, -0.2) is 4.98 Å². The van der Waals surface area contributed by atoms with Crippen LogP contribution in [0.1, 0.15) is 36.0 Å². The van der Waals surface area contributed by atoms with Crippen molar-refractivity contribution >= 4 is 28.4 Å². The number of aromatic nitrogens is 1. The molecule has 0 unspecified atom stereocenters. The van der Waals surface area contributed by atoms with E-state index in [1.807, 2.05) is 29.2 Å². The first-order chi connectivity index (χ1) is 16.1. The number of hydrogen-bond acceptors (Lipinski definition) is 4. The van der Waals surface area contributed by atoms with Crippen molar-refractivity contribution in [2.45, 2.75) is 44.8 Å². The van der Waals surface area contributed by atoms with E-state index >= 15 is 0 Å². The van der Waals surface area contributed by atoms with Gasteiger partial charge in [0.15, 0.2) is 0 Å². The number of aryl methyl sites for hydroxylation is 2. The lowest BCUT2D eigenvalue weighted by atomic mass is 10.00. The molecule has 2 aliphatic rings. The molecular formula is C27H29ClN2O3. The number of amides is 1. The van der Waals surface area contributed by atoms with E-state index in [1.165, 1.54) is 17.5 Å². The van der Waals surface area contributed by atoms with Gasteiger partial charge in [0.25, 0.3) is 5.91 Å². The summed E-state index contributed by atoms with van der Waals surface area (Å²) in [5, 5.41) is 1.81. The molecule has 1 fully saturated rings. The Bertz CT molecular complexity index is 1160. The molecule has 3 aromatic rings. The van der Waals surface area contributed by atoms with E-state index < -0.39 is 0 Å². The fourth-order valence-electron chi connectivity index (χ4n) is 4.92. The molecule has 0 saturated carbocycles. The van der Waals surface area contributed by atoms with Gasteiger partial charge in [0, 0.05) is 42.8 Å². The standard InChI is InChI=1S/C27H29ClN2O3/c1-32-13-11-30(27(31)25-6-3-12-33-25)17-22-15-21-14-19-4-2-5-20(19)16-24(21)29-26(22)18-7-9-23(28)10-8-18/h7-10,14-16,25H,2-6,11-13,17H2,1H3/t25-/m1/s1. The van der Waals surface area contributed by atoms with Crippen molar-refractivity contribution < 1.29 is 14.3 Å². The Hall–Kier alpha value is -2.47. The van der Waals surface area contributed by atoms with Gasteiger partial charge >= 0.3 is 0 Å². The highest BCUT2D eigenvalue weighted by Gasteiger charge is 2.29. The monoisotopic (exact) mass is 464 g/mol. The van der Waals surface area contributed by atoms with Crippen molar-refractivity contribution in [3.8, 4) is 11.3 Å². The summed E-state index contributed by atoms with van der Waals surface area (Å²) in [6, 6.07) is 14.5. The van der Waals surface area contributed by atoms with E-state index in [2.05, 4.69) is 18.2 Å². The van der Waals surface area contributed by atoms with Gasteiger partial charge in [0.05, 0.1) is 17.8 Å². The Balaban J connectivity index is 1.57. The topological polar surface area (TPSA) is 51.7 Å². The highest BCUT2D eigenvalue weighted by atomic mass is 35.5. The van der Waals surface area contributed by atoms with Crippen molar-refractivity contribution in [3.63, 3.8) is 0 Å². The number of benzene rings is 2. The molecule has 0 N–H and O–H groups in total. The molecule has 1 atom stereocenters. The first kappa shape index (κ1) is 22.3. The lowest BCUT2D eigenvalue weighted by Gasteiger charge is -2.26. The van der Waals surface area contributed by atoms with Gasteiger partial charge in [-0.3, -0.25) is 4.79 Å². The number of nitrogens with zero attached hydrogens (tertiary/aromatic N) is 2. The molecule has 0 bridgehead atoms. The lowest BCUT2D eigenvalue weighted by Crippen LogP contribution is -2.40. The molecule has 1 saturated heterocycles. The van der Waals surface area contributed by atoms with Crippen molar-refractivity contribution in [1.82, 2.24) is 9.88 Å². The maximum absolute atomic E-state index is 13.3. The number of hydrogen-bond donors (Lipinski definition) is 0. The Morgan fingerprint density at radius 1 is 1.15 bits per heavy atom. The molecule has 0 spiro atoms. The highest BCUT2D eigenvalue weighted by molar-refractivity contribution is 6.30. The van der Waals surface area contributed by atoms with E-state index in [9.17, 15) is 4.79 Å². The number of carbonyl (C=O) groups excluding carboxylic acids is 1. The van der Waals surface area contributed by atoms with Gasteiger partial charge in [-0.15, -0.1) is 0 Å². The van der Waals surface area contributed by atoms with Gasteiger partial charge in [0.2, 0.25) is 0 Å². The van der Waals surface area contributed by atoms with Crippen LogP contribution in [0, 0.1) is 0 Å². The van der Waals surface area contributed by atoms with Crippen molar-refractivity contribution in [1.29, 1.82) is 0 Å². The minimum atomic E-state index is -0.363. The number of halogens is 1. The molecule has 1 amide bonds. The molecule has 2 heterocycles. The number of ether oxygens (including phenoxy) is 2. The molecule has 0 radical (unpaired) electrons. The van der Waals surface area contributed by atoms with Crippen LogP contribution in [0.5, 0.6) is 0 Å². The minimum Gasteiger partial charge on any atom is -0.383 e. The summed E-state index contributed by atoms with van der Waals surface area (Å²) >= 11 is 6.15. The van der Waals surface area contributed by atoms with Crippen LogP contribution >= 0.6 is 11.6 Å². The molecule has 1 aromatic heterocycles. The smallest absolute Gasteiger partial charge is 0.252 e. The van der Waals surface area contributed by atoms with Gasteiger partial charge in [-0.1, -0.05) is 23.7 Å². The third-order valence-corrected chi connectivity index (χ3v) is 6.92. The summed E-state index contributed by atoms with van der Waals surface area (Å²) in [6.07, 6.45) is 4.77. The maximum Gasteiger partial charge on any atom is 0.252 e. The number of rotatable bonds is 7. The minimum absolute atomic E-state index is 0.0284. The van der Waals surface area contributed by atoms with Crippen molar-refractivity contribution in [2.24, 2.45) is 0 Å². The van der Waals surface area contributed by atoms with Crippen LogP contribution in [-0.4, -0.2) is 48.8 Å². The second-order valence-corrected chi connectivity index (χ2v) is 9.36. The van der Waals surface area contributed by atoms with E-state index in [-0.39, 0.29) is 12.0 Å². The first-order valence-corrected chi connectivity index (χ1v) is 12.1. The fourth-order valence-corrected chi connectivity index (χ4v) is 5.05. The quantitative estimate of drug-likeness (QED) is 0.482. The molecule has 6 heteroatoms. The molecule has 1 aliphatic carbocycles. The SMILES string of the molecule is COCCN(Cc1cc2cc3c(cc2nc1-c1ccc(Cl)cc1)CCC3)C(=O)[C@H]1CCCO1. The largest absolute Gasteiger partial charge is 0.383 e. The Morgan fingerprint density at radius 3 is 2.67 bits per heavy atom. The van der Waals surface area contributed by atoms with Crippen LogP contribution in [0.4, 0.5) is 0 Å². The summed E-state index contributed by atoms with van der Waals surface area (Å²) < 4.78 is 11.0. The number of pyridine rings is 1. The second kappa shape index (κ2) is 9.80. The van der Waals surface area contributed by atoms with Gasteiger partial charge < -0.3 is 14.4 Å². The van der Waals surface area contributed by atoms with Crippen LogP contribution in [0.2, 0.25) is 5.02 Å². The number of methoxy groups -OCH3 is 1. The molecule has 33 heavy (non-hydrogen) atoms. The zero-order valence-electron chi connectivity index (χ0n) is 19.0. The maximum atomic E-state index is 13.3. The van der Waals surface area contributed by atoms with E-state index in [0.717, 1.165) is 53.4 Å². The Labute approximate surface area is 199 Å². The average Bonchev–Trinajstić information content (AvgIpc) is 3.52. The molecular weight excluding hydrogens is 436 g/mol. The molecule has 172 valence electrons. The highest BCUT2D eigenvalue weighted by Crippen LogP contribution is 2.32. The van der Waals surface area contributed by atoms with E-state index in [0.29, 0.717) is 31.3 Å². The summed E-state index contributed by atoms with van der Waals surface area (Å²) in [4.78, 5) is 20.2. The van der Waals surface area contributed by atoms with Crippen molar-refractivity contribution in [2.75, 3.05) is 26.9 Å². The lowest BCUT2D eigenvalue weighted by molar-refractivity contribution is -0.142. The summed E-state index contributed by atoms with van der Waals surface area (Å²) in [7, 11) is 1.66. The second-order valence-electron chi connectivity index (χ2n) is 8.92. The molecule has 5 rings (SSSR count). The van der Waals surface area contributed by atoms with Crippen LogP contribution in [-0.2, 0) is 33.7 Å². The first-order valence-electron chi connectivity index (χ1n) is 11.7. The Kier molecular flexibility index (Phi) is 6.63. The third kappa shape index (κ3) is 4.77. The molecule has 2 aromatic carbocycles. The number of carbonyl (C=O) groups is 1.